The van der Waals surface area contributed by atoms with Crippen molar-refractivity contribution in [3.8, 4) is 0 Å². The molecule has 0 nitrogen and oxygen atoms in total. The van der Waals surface area contributed by atoms with Crippen LogP contribution in [0.25, 0.3) is 0 Å². The number of hydrogen-bond acceptors (Lipinski definition) is 0. The molecule has 2 heteroatoms. The smallest absolute Gasteiger partial charge is 0.0850 e. The Morgan fingerprint density at radius 3 is 2.44 bits per heavy atom. The van der Waals surface area contributed by atoms with Gasteiger partial charge in [0, 0.05) is 0 Å². The zero-order chi connectivity index (χ0) is 7.11. The minimum absolute atomic E-state index is 0.347. The first-order valence-corrected chi connectivity index (χ1v) is 5.23. The second-order valence-electron chi connectivity index (χ2n) is 2.24. The molecule has 0 aliphatic heterocycles. The Hall–Kier alpha value is 1.02. The average Bonchev–Trinajstić information content (AvgIpc) is 1.80. The van der Waals surface area contributed by atoms with Crippen molar-refractivity contribution in [2.75, 3.05) is 0 Å². The average molecular weight is 261 g/mol. The molecule has 9 heavy (non-hydrogen) atoms. The lowest BCUT2D eigenvalue weighted by atomic mass is 10.2. The minimum Gasteiger partial charge on any atom is -0.111 e. The molecular formula is C7H14ClI. The van der Waals surface area contributed by atoms with Gasteiger partial charge in [-0.3, -0.25) is 0 Å². The standard InChI is InChI=1S/C7H14ClI/c1-2-3-4-5-6-7(8)9/h7H,2-6H2,1H3. The highest BCUT2D eigenvalue weighted by Gasteiger charge is 1.95. The fraction of sp³-hybridized carbons (Fsp3) is 1.00. The lowest BCUT2D eigenvalue weighted by Gasteiger charge is -1.98. The third kappa shape index (κ3) is 9.02. The fourth-order valence-electron chi connectivity index (χ4n) is 0.725. The number of alkyl halides is 2. The van der Waals surface area contributed by atoms with Crippen LogP contribution >= 0.6 is 34.2 Å². The molecule has 0 aromatic carbocycles. The first-order valence-electron chi connectivity index (χ1n) is 3.55. The van der Waals surface area contributed by atoms with Crippen LogP contribution in [0.1, 0.15) is 39.0 Å². The highest BCUT2D eigenvalue weighted by atomic mass is 127. The molecular weight excluding hydrogens is 246 g/mol. The van der Waals surface area contributed by atoms with E-state index in [1.165, 1.54) is 32.1 Å². The Morgan fingerprint density at radius 1 is 1.33 bits per heavy atom. The van der Waals surface area contributed by atoms with Crippen LogP contribution in [0.5, 0.6) is 0 Å². The summed E-state index contributed by atoms with van der Waals surface area (Å²) in [5.74, 6) is 0. The largest absolute Gasteiger partial charge is 0.111 e. The van der Waals surface area contributed by atoms with Crippen LogP contribution in [0, 0.1) is 0 Å². The van der Waals surface area contributed by atoms with Crippen LogP contribution < -0.4 is 0 Å². The molecule has 0 fully saturated rings. The maximum absolute atomic E-state index is 5.74. The molecule has 0 rings (SSSR count). The van der Waals surface area contributed by atoms with Gasteiger partial charge in [-0.05, 0) is 6.42 Å². The van der Waals surface area contributed by atoms with Crippen molar-refractivity contribution >= 4 is 34.2 Å². The molecule has 0 radical (unpaired) electrons. The molecule has 0 amide bonds. The Morgan fingerprint density at radius 2 is 2.00 bits per heavy atom. The molecule has 1 atom stereocenters. The van der Waals surface area contributed by atoms with E-state index in [1.807, 2.05) is 0 Å². The number of rotatable bonds is 5. The maximum Gasteiger partial charge on any atom is 0.0850 e. The molecule has 0 bridgehead atoms. The Balaban J connectivity index is 2.75. The van der Waals surface area contributed by atoms with Gasteiger partial charge in [0.2, 0.25) is 0 Å². The van der Waals surface area contributed by atoms with Gasteiger partial charge >= 0.3 is 0 Å². The van der Waals surface area contributed by atoms with Gasteiger partial charge in [0.25, 0.3) is 0 Å². The van der Waals surface area contributed by atoms with Crippen LogP contribution in [0.3, 0.4) is 0 Å². The summed E-state index contributed by atoms with van der Waals surface area (Å²) in [5.41, 5.74) is 0. The van der Waals surface area contributed by atoms with Crippen molar-refractivity contribution < 1.29 is 0 Å². The quantitative estimate of drug-likeness (QED) is 0.399. The topological polar surface area (TPSA) is 0 Å². The van der Waals surface area contributed by atoms with E-state index in [0.29, 0.717) is 3.38 Å². The van der Waals surface area contributed by atoms with Crippen molar-refractivity contribution in [3.63, 3.8) is 0 Å². The summed E-state index contributed by atoms with van der Waals surface area (Å²) in [6.45, 7) is 2.22. The van der Waals surface area contributed by atoms with E-state index in [9.17, 15) is 0 Å². The van der Waals surface area contributed by atoms with E-state index < -0.39 is 0 Å². The van der Waals surface area contributed by atoms with Gasteiger partial charge in [0.15, 0.2) is 0 Å². The third-order valence-corrected chi connectivity index (χ3v) is 2.12. The van der Waals surface area contributed by atoms with Crippen molar-refractivity contribution in [1.29, 1.82) is 0 Å². The summed E-state index contributed by atoms with van der Waals surface area (Å²) >= 11 is 8.00. The molecule has 1 unspecified atom stereocenters. The third-order valence-electron chi connectivity index (χ3n) is 1.28. The second-order valence-corrected chi connectivity index (χ2v) is 5.01. The molecule has 0 aliphatic rings. The van der Waals surface area contributed by atoms with Crippen LogP contribution in [-0.2, 0) is 0 Å². The van der Waals surface area contributed by atoms with Crippen molar-refractivity contribution in [3.05, 3.63) is 0 Å². The predicted molar refractivity (Wildman–Crippen MR) is 52.4 cm³/mol. The van der Waals surface area contributed by atoms with E-state index in [4.69, 9.17) is 11.6 Å². The van der Waals surface area contributed by atoms with Crippen LogP contribution in [-0.4, -0.2) is 3.38 Å². The number of unbranched alkanes of at least 4 members (excludes halogenated alkanes) is 3. The Kier molecular flexibility index (Phi) is 7.94. The van der Waals surface area contributed by atoms with E-state index in [-0.39, 0.29) is 0 Å². The van der Waals surface area contributed by atoms with Crippen molar-refractivity contribution in [2.45, 2.75) is 42.4 Å². The molecule has 0 spiro atoms. The highest BCUT2D eigenvalue weighted by Crippen LogP contribution is 2.15. The minimum atomic E-state index is 0.347. The highest BCUT2D eigenvalue weighted by molar-refractivity contribution is 14.1. The van der Waals surface area contributed by atoms with Gasteiger partial charge in [-0.15, -0.1) is 11.6 Å². The number of halogens is 2. The van der Waals surface area contributed by atoms with Crippen molar-refractivity contribution in [2.24, 2.45) is 0 Å². The summed E-state index contributed by atoms with van der Waals surface area (Å²) in [7, 11) is 0. The van der Waals surface area contributed by atoms with E-state index in [0.717, 1.165) is 0 Å². The molecule has 0 saturated carbocycles. The van der Waals surface area contributed by atoms with E-state index >= 15 is 0 Å². The Bertz CT molecular complexity index is 54.9. The van der Waals surface area contributed by atoms with Gasteiger partial charge in [-0.2, -0.15) is 0 Å². The van der Waals surface area contributed by atoms with Crippen LogP contribution in [0.15, 0.2) is 0 Å². The SMILES string of the molecule is CCCCCCC(Cl)I. The summed E-state index contributed by atoms with van der Waals surface area (Å²) in [5, 5.41) is 0. The normalized spacial score (nSPS) is 13.7. The summed E-state index contributed by atoms with van der Waals surface area (Å²) in [4.78, 5) is 0. The fourth-order valence-corrected chi connectivity index (χ4v) is 1.32. The molecule has 0 aromatic heterocycles. The lowest BCUT2D eigenvalue weighted by Crippen LogP contribution is -1.84. The Labute approximate surface area is 76.5 Å². The molecule has 0 aromatic rings. The molecule has 0 saturated heterocycles. The van der Waals surface area contributed by atoms with Gasteiger partial charge in [0.1, 0.15) is 0 Å². The van der Waals surface area contributed by atoms with Crippen LogP contribution in [0.4, 0.5) is 0 Å². The molecule has 56 valence electrons. The lowest BCUT2D eigenvalue weighted by molar-refractivity contribution is 0.655. The van der Waals surface area contributed by atoms with Gasteiger partial charge in [-0.25, -0.2) is 0 Å². The summed E-state index contributed by atoms with van der Waals surface area (Å²) < 4.78 is 0.347. The zero-order valence-electron chi connectivity index (χ0n) is 5.87. The number of hydrogen-bond donors (Lipinski definition) is 0. The van der Waals surface area contributed by atoms with Gasteiger partial charge in [-0.1, -0.05) is 55.2 Å². The van der Waals surface area contributed by atoms with Crippen LogP contribution in [0.2, 0.25) is 0 Å². The monoisotopic (exact) mass is 260 g/mol. The predicted octanol–water partition coefficient (Wildman–Crippen LogP) is 3.96. The zero-order valence-corrected chi connectivity index (χ0v) is 8.78. The van der Waals surface area contributed by atoms with Gasteiger partial charge < -0.3 is 0 Å². The van der Waals surface area contributed by atoms with E-state index in [2.05, 4.69) is 29.5 Å². The summed E-state index contributed by atoms with van der Waals surface area (Å²) in [6.07, 6.45) is 6.49. The molecule has 0 heterocycles. The second kappa shape index (κ2) is 7.13. The first kappa shape index (κ1) is 10.0. The molecule has 0 aliphatic carbocycles. The first-order chi connectivity index (χ1) is 4.27. The summed E-state index contributed by atoms with van der Waals surface area (Å²) in [6, 6.07) is 0. The van der Waals surface area contributed by atoms with Crippen molar-refractivity contribution in [1.82, 2.24) is 0 Å². The van der Waals surface area contributed by atoms with Gasteiger partial charge in [0.05, 0.1) is 3.38 Å². The maximum atomic E-state index is 5.74. The molecule has 0 N–H and O–H groups in total. The van der Waals surface area contributed by atoms with E-state index in [1.54, 1.807) is 0 Å².